The molecule has 1 atom stereocenters. The molecule has 7 heteroatoms. The molecule has 1 fully saturated rings. The van der Waals surface area contributed by atoms with Gasteiger partial charge in [0.2, 0.25) is 5.91 Å². The van der Waals surface area contributed by atoms with E-state index in [4.69, 9.17) is 12.2 Å². The van der Waals surface area contributed by atoms with Gasteiger partial charge >= 0.3 is 0 Å². The minimum Gasteiger partial charge on any atom is -0.343 e. The van der Waals surface area contributed by atoms with Crippen molar-refractivity contribution >= 4 is 40.1 Å². The highest BCUT2D eigenvalue weighted by Crippen LogP contribution is 2.36. The van der Waals surface area contributed by atoms with Crippen LogP contribution >= 0.6 is 24.0 Å². The van der Waals surface area contributed by atoms with Gasteiger partial charge in [-0.05, 0) is 46.2 Å². The maximum Gasteiger partial charge on any atom is 0.252 e. The maximum absolute atomic E-state index is 13.4. The van der Waals surface area contributed by atoms with Crippen LogP contribution in [0.4, 0.5) is 0 Å². The molecule has 33 heavy (non-hydrogen) atoms. The summed E-state index contributed by atoms with van der Waals surface area (Å²) < 4.78 is 0.193. The van der Waals surface area contributed by atoms with Gasteiger partial charge in [0.15, 0.2) is 0 Å². The highest BCUT2D eigenvalue weighted by Gasteiger charge is 2.46. The number of hydrogen-bond acceptors (Lipinski definition) is 5. The van der Waals surface area contributed by atoms with Crippen molar-refractivity contribution in [2.75, 3.05) is 26.2 Å². The summed E-state index contributed by atoms with van der Waals surface area (Å²) in [5.74, 6) is -0.0709. The minimum absolute atomic E-state index is 0.0177. The molecule has 0 aromatic carbocycles. The molecule has 1 saturated heterocycles. The zero-order valence-corrected chi connectivity index (χ0v) is 23.6. The largest absolute Gasteiger partial charge is 0.343 e. The molecule has 0 aromatic rings. The van der Waals surface area contributed by atoms with Gasteiger partial charge in [0.25, 0.3) is 5.91 Å². The first-order valence-electron chi connectivity index (χ1n) is 13.3. The van der Waals surface area contributed by atoms with Crippen molar-refractivity contribution in [2.24, 2.45) is 0 Å². The Hall–Kier alpha value is -0.660. The zero-order valence-electron chi connectivity index (χ0n) is 21.9. The lowest BCUT2D eigenvalue weighted by atomic mass is 10.0. The average molecular weight is 500 g/mol. The first kappa shape index (κ1) is 30.4. The lowest BCUT2D eigenvalue weighted by molar-refractivity contribution is -0.134. The van der Waals surface area contributed by atoms with Crippen LogP contribution in [-0.4, -0.2) is 62.9 Å². The summed E-state index contributed by atoms with van der Waals surface area (Å²) in [5.41, 5.74) is 0. The Balaban J connectivity index is 2.60. The number of thioether (sulfide) groups is 1. The predicted octanol–water partition coefficient (Wildman–Crippen LogP) is 6.15. The molecule has 1 rings (SSSR count). The van der Waals surface area contributed by atoms with Crippen LogP contribution in [0.2, 0.25) is 0 Å². The summed E-state index contributed by atoms with van der Waals surface area (Å²) in [4.78, 5) is 30.2. The molecule has 1 N–H and O–H groups in total. The van der Waals surface area contributed by atoms with Crippen molar-refractivity contribution in [1.82, 2.24) is 15.1 Å². The number of rotatable bonds is 18. The number of unbranched alkanes of at least 4 members (excludes halogenated alkanes) is 8. The Morgan fingerprint density at radius 1 is 0.939 bits per heavy atom. The second kappa shape index (κ2) is 16.9. The molecular formula is C26H49N3O2S2. The summed E-state index contributed by atoms with van der Waals surface area (Å²) in [6.45, 7) is 14.2. The van der Waals surface area contributed by atoms with Crippen LogP contribution in [0.25, 0.3) is 0 Å². The van der Waals surface area contributed by atoms with Gasteiger partial charge in [0.1, 0.15) is 10.4 Å². The third kappa shape index (κ3) is 11.5. The summed E-state index contributed by atoms with van der Waals surface area (Å²) >= 11 is 7.15. The fraction of sp³-hybridized carbons (Fsp3) is 0.885. The Morgan fingerprint density at radius 3 is 2.06 bits per heavy atom. The van der Waals surface area contributed by atoms with E-state index in [9.17, 15) is 9.59 Å². The van der Waals surface area contributed by atoms with Crippen molar-refractivity contribution in [3.05, 3.63) is 0 Å². The van der Waals surface area contributed by atoms with Crippen molar-refractivity contribution in [3.63, 3.8) is 0 Å². The SMILES string of the molecule is CCCCCCCCCC(=O)NC1C(=O)N(CCN(CCCC)CCCC)C(=S)SC1(C)C. The molecular weight excluding hydrogens is 450 g/mol. The molecule has 0 aliphatic carbocycles. The fourth-order valence-corrected chi connectivity index (χ4v) is 5.98. The van der Waals surface area contributed by atoms with Gasteiger partial charge in [-0.3, -0.25) is 14.5 Å². The van der Waals surface area contributed by atoms with Crippen molar-refractivity contribution in [3.8, 4) is 0 Å². The Labute approximate surface area is 213 Å². The van der Waals surface area contributed by atoms with Crippen LogP contribution in [0.1, 0.15) is 112 Å². The highest BCUT2D eigenvalue weighted by atomic mass is 32.2. The van der Waals surface area contributed by atoms with Crippen LogP contribution in [0.5, 0.6) is 0 Å². The van der Waals surface area contributed by atoms with Gasteiger partial charge in [-0.15, -0.1) is 0 Å². The number of carbonyl (C=O) groups is 2. The minimum atomic E-state index is -0.536. The van der Waals surface area contributed by atoms with Gasteiger partial charge in [0.05, 0.1) is 0 Å². The van der Waals surface area contributed by atoms with E-state index in [0.717, 1.165) is 32.5 Å². The van der Waals surface area contributed by atoms with E-state index >= 15 is 0 Å². The monoisotopic (exact) mass is 499 g/mol. The van der Waals surface area contributed by atoms with Crippen LogP contribution in [0, 0.1) is 0 Å². The molecule has 1 aliphatic rings. The Kier molecular flexibility index (Phi) is 15.5. The van der Waals surface area contributed by atoms with E-state index in [1.807, 2.05) is 13.8 Å². The number of nitrogens with zero attached hydrogens (tertiary/aromatic N) is 2. The van der Waals surface area contributed by atoms with E-state index in [1.165, 1.54) is 69.5 Å². The van der Waals surface area contributed by atoms with E-state index in [1.54, 1.807) is 4.90 Å². The van der Waals surface area contributed by atoms with E-state index < -0.39 is 10.8 Å². The lowest BCUT2D eigenvalue weighted by Crippen LogP contribution is -2.62. The molecule has 5 nitrogen and oxygen atoms in total. The molecule has 1 unspecified atom stereocenters. The quantitative estimate of drug-likeness (QED) is 0.181. The number of hydrogen-bond donors (Lipinski definition) is 1. The first-order chi connectivity index (χ1) is 15.8. The summed E-state index contributed by atoms with van der Waals surface area (Å²) in [6, 6.07) is -0.536. The molecule has 0 saturated carbocycles. The third-order valence-corrected chi connectivity index (χ3v) is 8.01. The van der Waals surface area contributed by atoms with Crippen LogP contribution in [0.3, 0.4) is 0 Å². The smallest absolute Gasteiger partial charge is 0.252 e. The van der Waals surface area contributed by atoms with E-state index in [0.29, 0.717) is 17.3 Å². The topological polar surface area (TPSA) is 52.7 Å². The Bertz CT molecular complexity index is 590. The third-order valence-electron chi connectivity index (χ3n) is 6.39. The molecule has 0 aromatic heterocycles. The number of carbonyl (C=O) groups excluding carboxylic acids is 2. The molecule has 0 bridgehead atoms. The van der Waals surface area contributed by atoms with Gasteiger partial charge in [0, 0.05) is 24.3 Å². The number of amides is 2. The highest BCUT2D eigenvalue weighted by molar-refractivity contribution is 8.24. The molecule has 0 spiro atoms. The fourth-order valence-electron chi connectivity index (χ4n) is 4.14. The average Bonchev–Trinajstić information content (AvgIpc) is 2.76. The Morgan fingerprint density at radius 2 is 1.48 bits per heavy atom. The van der Waals surface area contributed by atoms with Gasteiger partial charge < -0.3 is 10.2 Å². The number of nitrogens with one attached hydrogen (secondary N) is 1. The molecule has 2 amide bonds. The first-order valence-corrected chi connectivity index (χ1v) is 14.5. The zero-order chi connectivity index (χ0) is 24.7. The van der Waals surface area contributed by atoms with Crippen molar-refractivity contribution in [2.45, 2.75) is 122 Å². The molecule has 192 valence electrons. The van der Waals surface area contributed by atoms with Crippen molar-refractivity contribution in [1.29, 1.82) is 0 Å². The van der Waals surface area contributed by atoms with Crippen LogP contribution in [0.15, 0.2) is 0 Å². The van der Waals surface area contributed by atoms with Crippen LogP contribution < -0.4 is 5.32 Å². The second-order valence-electron chi connectivity index (χ2n) is 9.88. The normalized spacial score (nSPS) is 18.2. The molecule has 0 radical (unpaired) electrons. The van der Waals surface area contributed by atoms with Crippen LogP contribution in [-0.2, 0) is 9.59 Å². The summed E-state index contributed by atoms with van der Waals surface area (Å²) in [5, 5.41) is 3.05. The second-order valence-corrected chi connectivity index (χ2v) is 12.2. The summed E-state index contributed by atoms with van der Waals surface area (Å²) in [6.07, 6.45) is 13.4. The van der Waals surface area contributed by atoms with Gasteiger partial charge in [-0.2, -0.15) is 0 Å². The maximum atomic E-state index is 13.4. The standard InChI is InChI=1S/C26H49N3O2S2/c1-6-9-12-13-14-15-16-17-22(30)27-23-24(31)29(25(32)33-26(23,4)5)21-20-28(18-10-7-2)19-11-8-3/h23H,6-21H2,1-5H3,(H,27,30). The van der Waals surface area contributed by atoms with E-state index in [2.05, 4.69) is 31.0 Å². The van der Waals surface area contributed by atoms with Gasteiger partial charge in [-0.25, -0.2) is 0 Å². The molecule has 1 aliphatic heterocycles. The predicted molar refractivity (Wildman–Crippen MR) is 147 cm³/mol. The number of thiocarbonyl (C=S) groups is 1. The van der Waals surface area contributed by atoms with Gasteiger partial charge in [-0.1, -0.05) is 96.1 Å². The molecule has 1 heterocycles. The lowest BCUT2D eigenvalue weighted by Gasteiger charge is -2.43. The van der Waals surface area contributed by atoms with Crippen molar-refractivity contribution < 1.29 is 9.59 Å². The van der Waals surface area contributed by atoms with E-state index in [-0.39, 0.29) is 11.8 Å². The summed E-state index contributed by atoms with van der Waals surface area (Å²) in [7, 11) is 0.